The summed E-state index contributed by atoms with van der Waals surface area (Å²) in [6.07, 6.45) is 1.16. The molecular weight excluding hydrogens is 406 g/mol. The molecule has 0 unspecified atom stereocenters. The smallest absolute Gasteiger partial charge is 0.254 e. The normalized spacial score (nSPS) is 17.3. The molecule has 2 heterocycles. The second kappa shape index (κ2) is 9.74. The number of hydrogen-bond acceptors (Lipinski definition) is 7. The maximum Gasteiger partial charge on any atom is 0.254 e. The van der Waals surface area contributed by atoms with Gasteiger partial charge in [-0.3, -0.25) is 4.79 Å². The molecule has 0 saturated carbocycles. The van der Waals surface area contributed by atoms with Gasteiger partial charge in [-0.2, -0.15) is 4.98 Å². The molecule has 1 amide bonds. The van der Waals surface area contributed by atoms with Crippen LogP contribution in [0.25, 0.3) is 11.1 Å². The molecule has 166 valence electrons. The lowest BCUT2D eigenvalue weighted by molar-refractivity contribution is 0.0732. The first-order valence-electron chi connectivity index (χ1n) is 10.6. The van der Waals surface area contributed by atoms with Crippen LogP contribution in [0, 0.1) is 0 Å². The van der Waals surface area contributed by atoms with Crippen LogP contribution in [0.2, 0.25) is 0 Å². The highest BCUT2D eigenvalue weighted by atomic mass is 16.6. The van der Waals surface area contributed by atoms with E-state index in [1.165, 1.54) is 7.11 Å². The second-order valence-corrected chi connectivity index (χ2v) is 8.04. The monoisotopic (exact) mass is 433 g/mol. The summed E-state index contributed by atoms with van der Waals surface area (Å²) in [7, 11) is 5.49. The topological polar surface area (TPSA) is 84.1 Å². The Bertz CT molecular complexity index is 1080. The third-order valence-electron chi connectivity index (χ3n) is 5.43. The van der Waals surface area contributed by atoms with Crippen LogP contribution in [0.15, 0.2) is 64.3 Å². The van der Waals surface area contributed by atoms with Gasteiger partial charge < -0.3 is 19.2 Å². The van der Waals surface area contributed by atoms with E-state index in [9.17, 15) is 4.79 Å². The van der Waals surface area contributed by atoms with Crippen LogP contribution in [-0.2, 0) is 11.3 Å². The third kappa shape index (κ3) is 4.86. The fourth-order valence-corrected chi connectivity index (χ4v) is 3.77. The lowest BCUT2D eigenvalue weighted by Crippen LogP contribution is -2.31. The average molecular weight is 434 g/mol. The van der Waals surface area contributed by atoms with Gasteiger partial charge in [0.25, 0.3) is 5.91 Å². The molecule has 8 heteroatoms. The molecule has 2 aromatic carbocycles. The molecule has 0 aliphatic carbocycles. The van der Waals surface area contributed by atoms with E-state index in [4.69, 9.17) is 9.36 Å². The van der Waals surface area contributed by atoms with Crippen molar-refractivity contribution in [2.24, 2.45) is 5.16 Å². The van der Waals surface area contributed by atoms with E-state index in [1.807, 2.05) is 68.7 Å². The van der Waals surface area contributed by atoms with E-state index in [0.29, 0.717) is 36.7 Å². The van der Waals surface area contributed by atoms with Crippen molar-refractivity contribution >= 4 is 11.6 Å². The molecule has 8 nitrogen and oxygen atoms in total. The summed E-state index contributed by atoms with van der Waals surface area (Å²) >= 11 is 0. The van der Waals surface area contributed by atoms with Crippen molar-refractivity contribution in [1.82, 2.24) is 19.9 Å². The molecule has 1 saturated heterocycles. The molecule has 0 radical (unpaired) electrons. The first-order chi connectivity index (χ1) is 15.5. The Morgan fingerprint density at radius 3 is 2.56 bits per heavy atom. The third-order valence-corrected chi connectivity index (χ3v) is 5.43. The second-order valence-electron chi connectivity index (χ2n) is 8.04. The van der Waals surface area contributed by atoms with E-state index in [-0.39, 0.29) is 11.9 Å². The summed E-state index contributed by atoms with van der Waals surface area (Å²) in [4.78, 5) is 26.7. The number of carbonyl (C=O) groups excluding carboxylic acids is 1. The Labute approximate surface area is 187 Å². The molecular formula is C24H27N5O3. The Balaban J connectivity index is 1.55. The zero-order chi connectivity index (χ0) is 22.5. The molecule has 1 atom stereocenters. The van der Waals surface area contributed by atoms with E-state index < -0.39 is 0 Å². The van der Waals surface area contributed by atoms with Gasteiger partial charge >= 0.3 is 0 Å². The number of nitrogens with zero attached hydrogens (tertiary/aromatic N) is 5. The van der Waals surface area contributed by atoms with Gasteiger partial charge in [0, 0.05) is 24.9 Å². The summed E-state index contributed by atoms with van der Waals surface area (Å²) in [6.45, 7) is 1.17. The van der Waals surface area contributed by atoms with Gasteiger partial charge in [0.05, 0.1) is 12.3 Å². The standard InChI is InChI=1S/C24H27N5O3/c1-28(2)14-13-22-25-23(27-32-22)21-15-20(26-31-3)16-29(21)24(30)19-11-9-18(10-12-19)17-7-5-4-6-8-17/h4-12,21H,13-16H2,1-3H3/b26-20+/t21-/m0/s1. The van der Waals surface area contributed by atoms with Crippen LogP contribution in [0.1, 0.15) is 34.5 Å². The largest absolute Gasteiger partial charge is 0.399 e. The highest BCUT2D eigenvalue weighted by molar-refractivity contribution is 6.00. The van der Waals surface area contributed by atoms with Gasteiger partial charge in [0.2, 0.25) is 5.89 Å². The lowest BCUT2D eigenvalue weighted by atomic mass is 10.0. The summed E-state index contributed by atoms with van der Waals surface area (Å²) in [5, 5.41) is 8.23. The van der Waals surface area contributed by atoms with Crippen molar-refractivity contribution in [1.29, 1.82) is 0 Å². The van der Waals surface area contributed by atoms with Crippen LogP contribution < -0.4 is 0 Å². The zero-order valence-corrected chi connectivity index (χ0v) is 18.6. The molecule has 4 rings (SSSR count). The highest BCUT2D eigenvalue weighted by Crippen LogP contribution is 2.31. The minimum Gasteiger partial charge on any atom is -0.399 e. The van der Waals surface area contributed by atoms with E-state index in [0.717, 1.165) is 23.4 Å². The molecule has 1 aliphatic heterocycles. The zero-order valence-electron chi connectivity index (χ0n) is 18.6. The van der Waals surface area contributed by atoms with Crippen LogP contribution >= 0.6 is 0 Å². The maximum atomic E-state index is 13.4. The SMILES string of the molecule is CO/N=C1\C[C@@H](c2noc(CCN(C)C)n2)N(C(=O)c2ccc(-c3ccccc3)cc2)C1. The summed E-state index contributed by atoms with van der Waals surface area (Å²) < 4.78 is 5.42. The predicted molar refractivity (Wildman–Crippen MR) is 121 cm³/mol. The number of amides is 1. The quantitative estimate of drug-likeness (QED) is 0.531. The van der Waals surface area contributed by atoms with Crippen molar-refractivity contribution in [3.8, 4) is 11.1 Å². The van der Waals surface area contributed by atoms with Crippen molar-refractivity contribution in [3.05, 3.63) is 71.9 Å². The maximum absolute atomic E-state index is 13.4. The molecule has 0 bridgehead atoms. The molecule has 32 heavy (non-hydrogen) atoms. The van der Waals surface area contributed by atoms with Gasteiger partial charge in [-0.05, 0) is 37.4 Å². The number of oxime groups is 1. The van der Waals surface area contributed by atoms with E-state index >= 15 is 0 Å². The van der Waals surface area contributed by atoms with Crippen LogP contribution in [0.4, 0.5) is 0 Å². The number of carbonyl (C=O) groups is 1. The average Bonchev–Trinajstić information content (AvgIpc) is 3.45. The predicted octanol–water partition coefficient (Wildman–Crippen LogP) is 3.43. The Morgan fingerprint density at radius 1 is 1.16 bits per heavy atom. The van der Waals surface area contributed by atoms with Gasteiger partial charge in [0.1, 0.15) is 13.2 Å². The Morgan fingerprint density at radius 2 is 1.88 bits per heavy atom. The summed E-state index contributed by atoms with van der Waals surface area (Å²) in [5.74, 6) is 0.954. The first-order valence-corrected chi connectivity index (χ1v) is 10.6. The molecule has 0 N–H and O–H groups in total. The lowest BCUT2D eigenvalue weighted by Gasteiger charge is -2.21. The molecule has 1 fully saturated rings. The summed E-state index contributed by atoms with van der Waals surface area (Å²) in [6, 6.07) is 17.4. The fourth-order valence-electron chi connectivity index (χ4n) is 3.77. The number of likely N-dealkylation sites (N-methyl/N-ethyl adjacent to an activating group) is 1. The molecule has 0 spiro atoms. The fraction of sp³-hybridized carbons (Fsp3) is 0.333. The van der Waals surface area contributed by atoms with Crippen molar-refractivity contribution in [2.45, 2.75) is 18.9 Å². The number of likely N-dealkylation sites (tertiary alicyclic amines) is 1. The number of aromatic nitrogens is 2. The minimum atomic E-state index is -0.345. The van der Waals surface area contributed by atoms with Gasteiger partial charge in [-0.15, -0.1) is 0 Å². The molecule has 1 aliphatic rings. The molecule has 1 aromatic heterocycles. The van der Waals surface area contributed by atoms with Gasteiger partial charge in [0.15, 0.2) is 5.82 Å². The van der Waals surface area contributed by atoms with Crippen molar-refractivity contribution < 1.29 is 14.2 Å². The van der Waals surface area contributed by atoms with Gasteiger partial charge in [-0.1, -0.05) is 52.8 Å². The van der Waals surface area contributed by atoms with E-state index in [2.05, 4.69) is 20.2 Å². The molecule has 3 aromatic rings. The van der Waals surface area contributed by atoms with Crippen LogP contribution in [-0.4, -0.2) is 65.9 Å². The number of benzene rings is 2. The van der Waals surface area contributed by atoms with Crippen molar-refractivity contribution in [2.75, 3.05) is 34.3 Å². The minimum absolute atomic E-state index is 0.101. The highest BCUT2D eigenvalue weighted by Gasteiger charge is 2.37. The Hall–Kier alpha value is -3.52. The first kappa shape index (κ1) is 21.7. The Kier molecular flexibility index (Phi) is 6.61. The number of rotatable bonds is 7. The van der Waals surface area contributed by atoms with Crippen LogP contribution in [0.3, 0.4) is 0 Å². The van der Waals surface area contributed by atoms with E-state index in [1.54, 1.807) is 4.90 Å². The van der Waals surface area contributed by atoms with Crippen LogP contribution in [0.5, 0.6) is 0 Å². The van der Waals surface area contributed by atoms with Crippen molar-refractivity contribution in [3.63, 3.8) is 0 Å². The number of hydrogen-bond donors (Lipinski definition) is 0. The van der Waals surface area contributed by atoms with Gasteiger partial charge in [-0.25, -0.2) is 0 Å². The summed E-state index contributed by atoms with van der Waals surface area (Å²) in [5.41, 5.74) is 3.54.